The molecule has 0 aliphatic rings. The van der Waals surface area contributed by atoms with Gasteiger partial charge in [0.15, 0.2) is 0 Å². The highest BCUT2D eigenvalue weighted by molar-refractivity contribution is 7.89. The molecule has 1 amide bonds. The summed E-state index contributed by atoms with van der Waals surface area (Å²) in [7, 11) is -3.45. The maximum Gasteiger partial charge on any atom is 0.243 e. The van der Waals surface area contributed by atoms with Gasteiger partial charge in [0.05, 0.1) is 11.4 Å². The molecule has 0 bridgehead atoms. The predicted molar refractivity (Wildman–Crippen MR) is 115 cm³/mol. The number of nitrogens with zero attached hydrogens (tertiary/aromatic N) is 1. The van der Waals surface area contributed by atoms with Gasteiger partial charge in [0.25, 0.3) is 0 Å². The lowest BCUT2D eigenvalue weighted by atomic mass is 10.1. The molecular formula is C22H30N2O4S. The molecular weight excluding hydrogens is 388 g/mol. The molecule has 0 atom stereocenters. The number of hydrogen-bond acceptors (Lipinski definition) is 4. The Balaban J connectivity index is 1.76. The van der Waals surface area contributed by atoms with Crippen molar-refractivity contribution in [2.75, 3.05) is 26.2 Å². The molecule has 1 N–H and O–H groups in total. The van der Waals surface area contributed by atoms with Crippen molar-refractivity contribution in [2.45, 2.75) is 38.5 Å². The van der Waals surface area contributed by atoms with Crippen LogP contribution in [0.25, 0.3) is 0 Å². The van der Waals surface area contributed by atoms with E-state index in [1.54, 1.807) is 24.3 Å². The fourth-order valence-electron chi connectivity index (χ4n) is 2.96. The quantitative estimate of drug-likeness (QED) is 0.569. The van der Waals surface area contributed by atoms with Crippen molar-refractivity contribution in [2.24, 2.45) is 0 Å². The summed E-state index contributed by atoms with van der Waals surface area (Å²) in [6.07, 6.45) is 0.891. The minimum atomic E-state index is -3.45. The number of hydrogen-bond donors (Lipinski definition) is 1. The number of carbonyl (C=O) groups excluding carboxylic acids is 1. The van der Waals surface area contributed by atoms with Gasteiger partial charge in [-0.3, -0.25) is 4.79 Å². The number of sulfonamides is 1. The van der Waals surface area contributed by atoms with Crippen LogP contribution in [0.2, 0.25) is 0 Å². The van der Waals surface area contributed by atoms with Crippen LogP contribution < -0.4 is 10.1 Å². The van der Waals surface area contributed by atoms with Crippen LogP contribution in [0.15, 0.2) is 53.4 Å². The molecule has 2 aromatic carbocycles. The van der Waals surface area contributed by atoms with Crippen molar-refractivity contribution in [1.82, 2.24) is 9.62 Å². The third-order valence-electron chi connectivity index (χ3n) is 4.68. The SMILES string of the molecule is CCN(CC)S(=O)(=O)c1ccc(CCC(=O)NCCOc2ccccc2C)cc1. The van der Waals surface area contributed by atoms with Gasteiger partial charge in [-0.1, -0.05) is 44.2 Å². The second-order valence-electron chi connectivity index (χ2n) is 6.70. The largest absolute Gasteiger partial charge is 0.491 e. The van der Waals surface area contributed by atoms with Crippen molar-refractivity contribution in [3.05, 3.63) is 59.7 Å². The van der Waals surface area contributed by atoms with Crippen LogP contribution in [0.1, 0.15) is 31.4 Å². The first-order chi connectivity index (χ1) is 13.9. The summed E-state index contributed by atoms with van der Waals surface area (Å²) in [5.41, 5.74) is 1.99. The van der Waals surface area contributed by atoms with Crippen LogP contribution in [0, 0.1) is 6.92 Å². The molecule has 0 radical (unpaired) electrons. The van der Waals surface area contributed by atoms with Crippen molar-refractivity contribution in [3.63, 3.8) is 0 Å². The molecule has 0 aliphatic heterocycles. The average molecular weight is 419 g/mol. The summed E-state index contributed by atoms with van der Waals surface area (Å²) in [5, 5.41) is 2.84. The molecule has 0 fully saturated rings. The molecule has 0 saturated heterocycles. The van der Waals surface area contributed by atoms with Crippen LogP contribution in [-0.2, 0) is 21.2 Å². The third-order valence-corrected chi connectivity index (χ3v) is 6.75. The minimum absolute atomic E-state index is 0.0572. The Kier molecular flexibility index (Phi) is 8.67. The summed E-state index contributed by atoms with van der Waals surface area (Å²) in [4.78, 5) is 12.3. The molecule has 0 aromatic heterocycles. The van der Waals surface area contributed by atoms with Crippen molar-refractivity contribution >= 4 is 15.9 Å². The number of carbonyl (C=O) groups is 1. The van der Waals surface area contributed by atoms with Gasteiger partial charge in [-0.25, -0.2) is 8.42 Å². The minimum Gasteiger partial charge on any atom is -0.491 e. The molecule has 158 valence electrons. The summed E-state index contributed by atoms with van der Waals surface area (Å²) in [6.45, 7) is 7.35. The van der Waals surface area contributed by atoms with Gasteiger partial charge in [0.2, 0.25) is 15.9 Å². The highest BCUT2D eigenvalue weighted by Gasteiger charge is 2.21. The molecule has 0 saturated carbocycles. The fourth-order valence-corrected chi connectivity index (χ4v) is 4.41. The molecule has 2 aromatic rings. The third kappa shape index (κ3) is 6.58. The Morgan fingerprint density at radius 3 is 2.31 bits per heavy atom. The van der Waals surface area contributed by atoms with E-state index in [1.807, 2.05) is 45.0 Å². The van der Waals surface area contributed by atoms with Crippen LogP contribution in [0.5, 0.6) is 5.75 Å². The number of ether oxygens (including phenoxy) is 1. The summed E-state index contributed by atoms with van der Waals surface area (Å²) in [6, 6.07) is 14.5. The number of rotatable bonds is 11. The first-order valence-electron chi connectivity index (χ1n) is 9.92. The van der Waals surface area contributed by atoms with E-state index in [2.05, 4.69) is 5.32 Å². The molecule has 29 heavy (non-hydrogen) atoms. The van der Waals surface area contributed by atoms with Gasteiger partial charge >= 0.3 is 0 Å². The maximum absolute atomic E-state index is 12.5. The lowest BCUT2D eigenvalue weighted by molar-refractivity contribution is -0.121. The van der Waals surface area contributed by atoms with E-state index in [9.17, 15) is 13.2 Å². The van der Waals surface area contributed by atoms with Gasteiger partial charge in [-0.2, -0.15) is 4.31 Å². The zero-order chi connectivity index (χ0) is 21.3. The zero-order valence-electron chi connectivity index (χ0n) is 17.3. The standard InChI is InChI=1S/C22H30N2O4S/c1-4-24(5-2)29(26,27)20-13-10-19(11-14-20)12-15-22(25)23-16-17-28-21-9-7-6-8-18(21)3/h6-11,13-14H,4-5,12,15-17H2,1-3H3,(H,23,25). The number of benzene rings is 2. The number of nitrogens with one attached hydrogen (secondary N) is 1. The first-order valence-corrected chi connectivity index (χ1v) is 11.4. The molecule has 2 rings (SSSR count). The van der Waals surface area contributed by atoms with Gasteiger partial charge in [-0.15, -0.1) is 0 Å². The van der Waals surface area contributed by atoms with Crippen LogP contribution in [0.3, 0.4) is 0 Å². The fraction of sp³-hybridized carbons (Fsp3) is 0.409. The number of aryl methyl sites for hydroxylation is 2. The van der Waals surface area contributed by atoms with Crippen LogP contribution in [0.4, 0.5) is 0 Å². The van der Waals surface area contributed by atoms with Crippen molar-refractivity contribution in [3.8, 4) is 5.75 Å². The summed E-state index contributed by atoms with van der Waals surface area (Å²) >= 11 is 0. The molecule has 0 unspecified atom stereocenters. The maximum atomic E-state index is 12.5. The lowest BCUT2D eigenvalue weighted by Gasteiger charge is -2.18. The second-order valence-corrected chi connectivity index (χ2v) is 8.64. The average Bonchev–Trinajstić information content (AvgIpc) is 2.72. The van der Waals surface area contributed by atoms with Gasteiger partial charge < -0.3 is 10.1 Å². The Labute approximate surface area is 173 Å². The summed E-state index contributed by atoms with van der Waals surface area (Å²) < 4.78 is 32.1. The van der Waals surface area contributed by atoms with Crippen LogP contribution in [-0.4, -0.2) is 44.9 Å². The number of para-hydroxylation sites is 1. The zero-order valence-corrected chi connectivity index (χ0v) is 18.2. The Morgan fingerprint density at radius 2 is 1.69 bits per heavy atom. The summed E-state index contributed by atoms with van der Waals surface area (Å²) in [5.74, 6) is 0.764. The van der Waals surface area contributed by atoms with Crippen molar-refractivity contribution in [1.29, 1.82) is 0 Å². The van der Waals surface area contributed by atoms with E-state index in [-0.39, 0.29) is 10.8 Å². The Morgan fingerprint density at radius 1 is 1.03 bits per heavy atom. The van der Waals surface area contributed by atoms with E-state index in [0.717, 1.165) is 16.9 Å². The smallest absolute Gasteiger partial charge is 0.243 e. The predicted octanol–water partition coefficient (Wildman–Crippen LogP) is 3.15. The van der Waals surface area contributed by atoms with Crippen molar-refractivity contribution < 1.29 is 17.9 Å². The number of amides is 1. The van der Waals surface area contributed by atoms with Gasteiger partial charge in [0.1, 0.15) is 12.4 Å². The van der Waals surface area contributed by atoms with E-state index in [4.69, 9.17) is 4.74 Å². The first kappa shape index (κ1) is 22.9. The van der Waals surface area contributed by atoms with E-state index >= 15 is 0 Å². The Hall–Kier alpha value is -2.38. The van der Waals surface area contributed by atoms with E-state index in [0.29, 0.717) is 39.1 Å². The molecule has 0 aliphatic carbocycles. The van der Waals surface area contributed by atoms with E-state index < -0.39 is 10.0 Å². The highest BCUT2D eigenvalue weighted by atomic mass is 32.2. The molecule has 7 heteroatoms. The van der Waals surface area contributed by atoms with E-state index in [1.165, 1.54) is 4.31 Å². The molecule has 0 heterocycles. The lowest BCUT2D eigenvalue weighted by Crippen LogP contribution is -2.30. The van der Waals surface area contributed by atoms with Gasteiger partial charge in [0, 0.05) is 19.5 Å². The Bertz CT molecular complexity index is 891. The normalized spacial score (nSPS) is 11.4. The molecule has 6 nitrogen and oxygen atoms in total. The molecule has 0 spiro atoms. The highest BCUT2D eigenvalue weighted by Crippen LogP contribution is 2.17. The van der Waals surface area contributed by atoms with Crippen LogP contribution >= 0.6 is 0 Å². The topological polar surface area (TPSA) is 75.7 Å². The monoisotopic (exact) mass is 418 g/mol. The second kappa shape index (κ2) is 11.0. The van der Waals surface area contributed by atoms with Gasteiger partial charge in [-0.05, 0) is 42.7 Å².